The molecule has 0 aliphatic rings. The number of pyridine rings is 1. The number of hydrogen-bond acceptors (Lipinski definition) is 5. The van der Waals surface area contributed by atoms with E-state index in [4.69, 9.17) is 0 Å². The third kappa shape index (κ3) is 3.92. The predicted octanol–water partition coefficient (Wildman–Crippen LogP) is 0.808. The summed E-state index contributed by atoms with van der Waals surface area (Å²) in [5, 5.41) is 14.0. The van der Waals surface area contributed by atoms with Crippen molar-refractivity contribution in [2.75, 3.05) is 18.4 Å². The van der Waals surface area contributed by atoms with Crippen LogP contribution in [-0.4, -0.2) is 38.3 Å². The molecule has 3 aromatic rings. The van der Waals surface area contributed by atoms with Gasteiger partial charge < -0.3 is 19.8 Å². The van der Waals surface area contributed by atoms with Crippen molar-refractivity contribution in [3.63, 3.8) is 0 Å². The summed E-state index contributed by atoms with van der Waals surface area (Å²) in [6.07, 6.45) is 5.39. The molecule has 0 bridgehead atoms. The number of nitrogens with zero attached hydrogens (tertiary/aromatic N) is 4. The highest BCUT2D eigenvalue weighted by atomic mass is 16.2. The first-order valence-electron chi connectivity index (χ1n) is 7.80. The molecule has 128 valence electrons. The van der Waals surface area contributed by atoms with Gasteiger partial charge in [-0.2, -0.15) is 0 Å². The quantitative estimate of drug-likeness (QED) is 0.649. The first-order valence-corrected chi connectivity index (χ1v) is 7.80. The molecule has 0 spiro atoms. The van der Waals surface area contributed by atoms with Crippen LogP contribution in [0.1, 0.15) is 10.4 Å². The van der Waals surface area contributed by atoms with E-state index in [9.17, 15) is 9.59 Å². The molecule has 0 saturated heterocycles. The third-order valence-electron chi connectivity index (χ3n) is 3.60. The van der Waals surface area contributed by atoms with Crippen molar-refractivity contribution in [1.29, 1.82) is 0 Å². The molecular weight excluding hydrogens is 320 g/mol. The lowest BCUT2D eigenvalue weighted by molar-refractivity contribution is 0.0953. The van der Waals surface area contributed by atoms with Gasteiger partial charge in [0.2, 0.25) is 0 Å². The summed E-state index contributed by atoms with van der Waals surface area (Å²) >= 11 is 0. The Hall–Kier alpha value is -3.42. The fourth-order valence-corrected chi connectivity index (χ4v) is 2.28. The van der Waals surface area contributed by atoms with Crippen LogP contribution in [0.25, 0.3) is 5.82 Å². The van der Waals surface area contributed by atoms with Crippen LogP contribution in [0.2, 0.25) is 0 Å². The van der Waals surface area contributed by atoms with E-state index in [1.807, 2.05) is 41.2 Å². The highest BCUT2D eigenvalue weighted by Gasteiger charge is 2.10. The highest BCUT2D eigenvalue weighted by Crippen LogP contribution is 2.06. The van der Waals surface area contributed by atoms with Gasteiger partial charge in [0.1, 0.15) is 11.4 Å². The number of amides is 1. The minimum absolute atomic E-state index is 0.126. The number of nitrogens with one attached hydrogen (secondary N) is 2. The van der Waals surface area contributed by atoms with E-state index in [0.717, 1.165) is 5.82 Å². The Bertz CT molecular complexity index is 900. The van der Waals surface area contributed by atoms with E-state index in [-0.39, 0.29) is 11.1 Å². The standard InChI is InChI=1S/C17H18N6O2/c1-22-10-4-5-13(17(22)25)16(24)19-9-8-18-14-6-7-15(21-20-14)23-11-2-3-12-23/h2-7,10-12H,8-9H2,1H3,(H,18,20)(H,19,24). The maximum atomic E-state index is 12.0. The van der Waals surface area contributed by atoms with Gasteiger partial charge in [-0.05, 0) is 36.4 Å². The van der Waals surface area contributed by atoms with Gasteiger partial charge in [0.25, 0.3) is 11.5 Å². The molecule has 8 heteroatoms. The second-order valence-electron chi connectivity index (χ2n) is 5.39. The molecule has 0 atom stereocenters. The topological polar surface area (TPSA) is 93.8 Å². The van der Waals surface area contributed by atoms with Gasteiger partial charge in [-0.3, -0.25) is 9.59 Å². The maximum absolute atomic E-state index is 12.0. The summed E-state index contributed by atoms with van der Waals surface area (Å²) in [5.74, 6) is 0.946. The number of aryl methyl sites for hydroxylation is 1. The lowest BCUT2D eigenvalue weighted by atomic mass is 10.2. The zero-order valence-electron chi connectivity index (χ0n) is 13.7. The molecule has 0 aromatic carbocycles. The normalized spacial score (nSPS) is 10.4. The zero-order valence-corrected chi connectivity index (χ0v) is 13.7. The summed E-state index contributed by atoms with van der Waals surface area (Å²) in [6, 6.07) is 10.7. The number of hydrogen-bond donors (Lipinski definition) is 2. The second kappa shape index (κ2) is 7.43. The molecule has 0 saturated carbocycles. The molecule has 2 N–H and O–H groups in total. The van der Waals surface area contributed by atoms with E-state index < -0.39 is 5.91 Å². The molecule has 1 amide bonds. The van der Waals surface area contributed by atoms with Crippen LogP contribution in [0, 0.1) is 0 Å². The smallest absolute Gasteiger partial charge is 0.263 e. The van der Waals surface area contributed by atoms with Crippen molar-refractivity contribution < 1.29 is 4.79 Å². The van der Waals surface area contributed by atoms with Crippen molar-refractivity contribution in [3.05, 3.63) is 70.9 Å². The SMILES string of the molecule is Cn1cccc(C(=O)NCCNc2ccc(-n3cccc3)nn2)c1=O. The number of aromatic nitrogens is 4. The van der Waals surface area contributed by atoms with Gasteiger partial charge in [0, 0.05) is 38.7 Å². The Balaban J connectivity index is 1.49. The molecule has 0 aliphatic heterocycles. The van der Waals surface area contributed by atoms with Crippen LogP contribution >= 0.6 is 0 Å². The Kier molecular flexibility index (Phi) is 4.89. The number of anilines is 1. The first kappa shape index (κ1) is 16.4. The zero-order chi connectivity index (χ0) is 17.6. The van der Waals surface area contributed by atoms with Crippen LogP contribution < -0.4 is 16.2 Å². The molecule has 25 heavy (non-hydrogen) atoms. The van der Waals surface area contributed by atoms with Crippen LogP contribution in [0.3, 0.4) is 0 Å². The average Bonchev–Trinajstić information content (AvgIpc) is 3.16. The van der Waals surface area contributed by atoms with Gasteiger partial charge in [-0.25, -0.2) is 0 Å². The minimum Gasteiger partial charge on any atom is -0.367 e. The summed E-state index contributed by atoms with van der Waals surface area (Å²) < 4.78 is 3.23. The van der Waals surface area contributed by atoms with Crippen LogP contribution in [0.15, 0.2) is 59.8 Å². The van der Waals surface area contributed by atoms with Gasteiger partial charge in [-0.1, -0.05) is 0 Å². The minimum atomic E-state index is -0.392. The molecule has 0 fully saturated rings. The molecule has 0 radical (unpaired) electrons. The summed E-state index contributed by atoms with van der Waals surface area (Å²) in [6.45, 7) is 0.828. The van der Waals surface area contributed by atoms with E-state index in [1.165, 1.54) is 10.6 Å². The molecule has 3 rings (SSSR count). The number of rotatable bonds is 6. The van der Waals surface area contributed by atoms with Crippen molar-refractivity contribution >= 4 is 11.7 Å². The van der Waals surface area contributed by atoms with E-state index >= 15 is 0 Å². The van der Waals surface area contributed by atoms with Crippen LogP contribution in [0.5, 0.6) is 0 Å². The lowest BCUT2D eigenvalue weighted by Crippen LogP contribution is -2.34. The van der Waals surface area contributed by atoms with Crippen LogP contribution in [0.4, 0.5) is 5.82 Å². The molecule has 0 aliphatic carbocycles. The second-order valence-corrected chi connectivity index (χ2v) is 5.39. The average molecular weight is 338 g/mol. The Morgan fingerprint density at radius 2 is 1.84 bits per heavy atom. The predicted molar refractivity (Wildman–Crippen MR) is 93.9 cm³/mol. The summed E-state index contributed by atoms with van der Waals surface area (Å²) in [5.41, 5.74) is -0.194. The molecule has 8 nitrogen and oxygen atoms in total. The van der Waals surface area contributed by atoms with Gasteiger partial charge in [0.15, 0.2) is 5.82 Å². The number of carbonyl (C=O) groups excluding carboxylic acids is 1. The van der Waals surface area contributed by atoms with Crippen molar-refractivity contribution in [2.24, 2.45) is 7.05 Å². The van der Waals surface area contributed by atoms with Gasteiger partial charge >= 0.3 is 0 Å². The third-order valence-corrected chi connectivity index (χ3v) is 3.60. The lowest BCUT2D eigenvalue weighted by Gasteiger charge is -2.08. The number of carbonyl (C=O) groups is 1. The van der Waals surface area contributed by atoms with E-state index in [1.54, 1.807) is 19.3 Å². The van der Waals surface area contributed by atoms with E-state index in [2.05, 4.69) is 20.8 Å². The Labute approximate surface area is 144 Å². The van der Waals surface area contributed by atoms with Crippen molar-refractivity contribution in [2.45, 2.75) is 0 Å². The summed E-state index contributed by atoms with van der Waals surface area (Å²) in [4.78, 5) is 23.9. The highest BCUT2D eigenvalue weighted by molar-refractivity contribution is 5.93. The maximum Gasteiger partial charge on any atom is 0.263 e. The Morgan fingerprint density at radius 3 is 2.56 bits per heavy atom. The fraction of sp³-hybridized carbons (Fsp3) is 0.176. The van der Waals surface area contributed by atoms with E-state index in [0.29, 0.717) is 18.9 Å². The fourth-order valence-electron chi connectivity index (χ4n) is 2.28. The largest absolute Gasteiger partial charge is 0.367 e. The van der Waals surface area contributed by atoms with Crippen molar-refractivity contribution in [3.8, 4) is 5.82 Å². The first-order chi connectivity index (χ1) is 12.1. The van der Waals surface area contributed by atoms with Gasteiger partial charge in [0.05, 0.1) is 0 Å². The molecule has 3 aromatic heterocycles. The van der Waals surface area contributed by atoms with Gasteiger partial charge in [-0.15, -0.1) is 10.2 Å². The Morgan fingerprint density at radius 1 is 1.04 bits per heavy atom. The van der Waals surface area contributed by atoms with Crippen molar-refractivity contribution in [1.82, 2.24) is 24.6 Å². The monoisotopic (exact) mass is 338 g/mol. The summed E-state index contributed by atoms with van der Waals surface area (Å²) in [7, 11) is 1.61. The molecular formula is C17H18N6O2. The van der Waals surface area contributed by atoms with Crippen LogP contribution in [-0.2, 0) is 7.05 Å². The molecule has 3 heterocycles. The molecule has 0 unspecified atom stereocenters.